The second-order valence-electron chi connectivity index (χ2n) is 4.17. The first-order valence-corrected chi connectivity index (χ1v) is 6.21. The molecule has 18 heavy (non-hydrogen) atoms. The minimum Gasteiger partial charge on any atom is -0.469 e. The van der Waals surface area contributed by atoms with E-state index in [4.69, 9.17) is 16.0 Å². The number of hydrogen-bond donors (Lipinski definition) is 1. The van der Waals surface area contributed by atoms with Gasteiger partial charge in [-0.3, -0.25) is 0 Å². The van der Waals surface area contributed by atoms with E-state index in [1.165, 1.54) is 6.07 Å². The molecule has 96 valence electrons. The van der Waals surface area contributed by atoms with Crippen molar-refractivity contribution in [1.29, 1.82) is 0 Å². The van der Waals surface area contributed by atoms with Crippen molar-refractivity contribution < 1.29 is 8.81 Å². The van der Waals surface area contributed by atoms with Crippen molar-refractivity contribution in [1.82, 2.24) is 5.32 Å². The summed E-state index contributed by atoms with van der Waals surface area (Å²) in [4.78, 5) is 0. The van der Waals surface area contributed by atoms with Crippen LogP contribution in [0.1, 0.15) is 11.3 Å². The van der Waals surface area contributed by atoms with Crippen molar-refractivity contribution in [3.05, 3.63) is 58.8 Å². The van der Waals surface area contributed by atoms with Crippen LogP contribution < -0.4 is 5.32 Å². The third kappa shape index (κ3) is 3.12. The largest absolute Gasteiger partial charge is 0.469 e. The Morgan fingerprint density at radius 3 is 2.72 bits per heavy atom. The molecule has 4 heteroatoms. The molecular formula is C14H15ClFNO. The zero-order valence-electron chi connectivity index (χ0n) is 10.1. The van der Waals surface area contributed by atoms with Crippen LogP contribution in [0.2, 0.25) is 5.02 Å². The van der Waals surface area contributed by atoms with Gasteiger partial charge >= 0.3 is 0 Å². The number of hydrogen-bond acceptors (Lipinski definition) is 2. The van der Waals surface area contributed by atoms with Crippen molar-refractivity contribution >= 4 is 11.6 Å². The highest BCUT2D eigenvalue weighted by atomic mass is 35.5. The Kier molecular flexibility index (Phi) is 4.39. The van der Waals surface area contributed by atoms with Gasteiger partial charge in [-0.1, -0.05) is 17.7 Å². The van der Waals surface area contributed by atoms with Gasteiger partial charge in [-0.05, 0) is 37.7 Å². The number of nitrogens with one attached hydrogen (secondary N) is 1. The highest BCUT2D eigenvalue weighted by molar-refractivity contribution is 6.31. The fourth-order valence-corrected chi connectivity index (χ4v) is 2.16. The maximum absolute atomic E-state index is 13.7. The Bertz CT molecular complexity index is 478. The molecule has 0 amide bonds. The molecule has 2 aromatic rings. The molecule has 0 aliphatic carbocycles. The molecule has 0 aliphatic heterocycles. The van der Waals surface area contributed by atoms with Gasteiger partial charge in [0.2, 0.25) is 0 Å². The van der Waals surface area contributed by atoms with E-state index in [1.54, 1.807) is 18.4 Å². The highest BCUT2D eigenvalue weighted by Gasteiger charge is 2.15. The van der Waals surface area contributed by atoms with Crippen LogP contribution in [0.3, 0.4) is 0 Å². The van der Waals surface area contributed by atoms with Gasteiger partial charge in [0.1, 0.15) is 11.6 Å². The Hall–Kier alpha value is -1.32. The van der Waals surface area contributed by atoms with Gasteiger partial charge in [0.25, 0.3) is 0 Å². The Balaban J connectivity index is 2.10. The van der Waals surface area contributed by atoms with Crippen LogP contribution in [0, 0.1) is 5.82 Å². The molecule has 0 fully saturated rings. The van der Waals surface area contributed by atoms with Gasteiger partial charge in [0.15, 0.2) is 0 Å². The monoisotopic (exact) mass is 267 g/mol. The van der Waals surface area contributed by atoms with E-state index in [-0.39, 0.29) is 11.9 Å². The Morgan fingerprint density at radius 1 is 1.28 bits per heavy atom. The van der Waals surface area contributed by atoms with Crippen molar-refractivity contribution in [3.8, 4) is 0 Å². The van der Waals surface area contributed by atoms with Crippen LogP contribution >= 0.6 is 11.6 Å². The molecule has 1 N–H and O–H groups in total. The normalized spacial score (nSPS) is 12.6. The highest BCUT2D eigenvalue weighted by Crippen LogP contribution is 2.21. The van der Waals surface area contributed by atoms with Crippen LogP contribution in [-0.2, 0) is 12.8 Å². The summed E-state index contributed by atoms with van der Waals surface area (Å²) < 4.78 is 19.0. The average Bonchev–Trinajstić information content (AvgIpc) is 2.85. The van der Waals surface area contributed by atoms with Crippen LogP contribution in [0.25, 0.3) is 0 Å². The van der Waals surface area contributed by atoms with Gasteiger partial charge < -0.3 is 9.73 Å². The van der Waals surface area contributed by atoms with Crippen molar-refractivity contribution in [2.24, 2.45) is 0 Å². The molecule has 1 aromatic carbocycles. The summed E-state index contributed by atoms with van der Waals surface area (Å²) in [6, 6.07) is 8.60. The zero-order chi connectivity index (χ0) is 13.0. The maximum atomic E-state index is 13.7. The van der Waals surface area contributed by atoms with E-state index >= 15 is 0 Å². The predicted molar refractivity (Wildman–Crippen MR) is 70.4 cm³/mol. The molecule has 1 heterocycles. The third-order valence-corrected chi connectivity index (χ3v) is 3.30. The summed E-state index contributed by atoms with van der Waals surface area (Å²) in [5, 5.41) is 3.63. The zero-order valence-corrected chi connectivity index (χ0v) is 10.9. The minimum absolute atomic E-state index is 0.0885. The van der Waals surface area contributed by atoms with E-state index in [1.807, 2.05) is 19.2 Å². The van der Waals surface area contributed by atoms with Gasteiger partial charge in [0, 0.05) is 23.0 Å². The molecule has 0 saturated carbocycles. The lowest BCUT2D eigenvalue weighted by Gasteiger charge is -2.16. The van der Waals surface area contributed by atoms with Crippen molar-refractivity contribution in [3.63, 3.8) is 0 Å². The number of benzene rings is 1. The first kappa shape index (κ1) is 13.1. The summed E-state index contributed by atoms with van der Waals surface area (Å²) in [5.74, 6) is 0.615. The van der Waals surface area contributed by atoms with Crippen LogP contribution in [-0.4, -0.2) is 13.1 Å². The van der Waals surface area contributed by atoms with E-state index < -0.39 is 0 Å². The van der Waals surface area contributed by atoms with Crippen LogP contribution in [0.15, 0.2) is 41.0 Å². The van der Waals surface area contributed by atoms with Gasteiger partial charge in [-0.2, -0.15) is 0 Å². The molecule has 0 spiro atoms. The van der Waals surface area contributed by atoms with E-state index in [9.17, 15) is 4.39 Å². The first-order valence-electron chi connectivity index (χ1n) is 5.83. The summed E-state index contributed by atoms with van der Waals surface area (Å²) in [6.07, 6.45) is 2.87. The lowest BCUT2D eigenvalue weighted by molar-refractivity contribution is 0.452. The predicted octanol–water partition coefficient (Wildman–Crippen LogP) is 3.45. The molecule has 0 bridgehead atoms. The smallest absolute Gasteiger partial charge is 0.127 e. The molecule has 1 unspecified atom stereocenters. The quantitative estimate of drug-likeness (QED) is 0.898. The van der Waals surface area contributed by atoms with Gasteiger partial charge in [-0.25, -0.2) is 4.39 Å². The fraction of sp³-hybridized carbons (Fsp3) is 0.286. The Labute approximate surface area is 111 Å². The summed E-state index contributed by atoms with van der Waals surface area (Å²) in [7, 11) is 1.85. The van der Waals surface area contributed by atoms with E-state index in [0.717, 1.165) is 5.76 Å². The van der Waals surface area contributed by atoms with Crippen molar-refractivity contribution in [2.75, 3.05) is 7.05 Å². The van der Waals surface area contributed by atoms with Gasteiger partial charge in [0.05, 0.1) is 6.26 Å². The van der Waals surface area contributed by atoms with Crippen LogP contribution in [0.5, 0.6) is 0 Å². The molecule has 2 nitrogen and oxygen atoms in total. The summed E-state index contributed by atoms with van der Waals surface area (Å²) in [5.41, 5.74) is 0.546. The number of furan rings is 1. The molecule has 2 rings (SSSR count). The molecule has 0 saturated heterocycles. The second-order valence-corrected chi connectivity index (χ2v) is 4.58. The first-order chi connectivity index (χ1) is 8.70. The molecule has 1 aromatic heterocycles. The number of halogens is 2. The second kappa shape index (κ2) is 6.03. The van der Waals surface area contributed by atoms with E-state index in [2.05, 4.69) is 5.32 Å². The lowest BCUT2D eigenvalue weighted by Crippen LogP contribution is -2.30. The number of rotatable bonds is 5. The molecule has 0 aliphatic rings. The maximum Gasteiger partial charge on any atom is 0.127 e. The summed E-state index contributed by atoms with van der Waals surface area (Å²) >= 11 is 6.02. The average molecular weight is 268 g/mol. The van der Waals surface area contributed by atoms with Crippen molar-refractivity contribution in [2.45, 2.75) is 18.9 Å². The lowest BCUT2D eigenvalue weighted by atomic mass is 10.0. The van der Waals surface area contributed by atoms with E-state index in [0.29, 0.717) is 23.4 Å². The minimum atomic E-state index is -0.262. The number of likely N-dealkylation sites (N-methyl/N-ethyl adjacent to an activating group) is 1. The topological polar surface area (TPSA) is 25.2 Å². The molecule has 1 atom stereocenters. The van der Waals surface area contributed by atoms with Gasteiger partial charge in [-0.15, -0.1) is 0 Å². The SMILES string of the molecule is CNC(Cc1ccco1)Cc1c(F)cccc1Cl. The molecular weight excluding hydrogens is 253 g/mol. The summed E-state index contributed by atoms with van der Waals surface area (Å²) in [6.45, 7) is 0. The Morgan fingerprint density at radius 2 is 2.11 bits per heavy atom. The standard InChI is InChI=1S/C14H15ClFNO/c1-17-10(8-11-4-3-7-18-11)9-12-13(15)5-2-6-14(12)16/h2-7,10,17H,8-9H2,1H3. The molecule has 0 radical (unpaired) electrons. The van der Waals surface area contributed by atoms with Crippen LogP contribution in [0.4, 0.5) is 4.39 Å². The fourth-order valence-electron chi connectivity index (χ4n) is 1.92. The third-order valence-electron chi connectivity index (χ3n) is 2.95.